The van der Waals surface area contributed by atoms with Crippen LogP contribution in [0.25, 0.3) is 0 Å². The molecule has 0 spiro atoms. The molecule has 1 aromatic rings. The largest absolute Gasteiger partial charge is 0.444 e. The highest BCUT2D eigenvalue weighted by Crippen LogP contribution is 2.21. The van der Waals surface area contributed by atoms with E-state index in [0.29, 0.717) is 37.2 Å². The van der Waals surface area contributed by atoms with Crippen molar-refractivity contribution in [3.8, 4) is 0 Å². The fourth-order valence-corrected chi connectivity index (χ4v) is 3.40. The van der Waals surface area contributed by atoms with Gasteiger partial charge in [-0.15, -0.1) is 0 Å². The maximum Gasteiger partial charge on any atom is 0.430 e. The first-order chi connectivity index (χ1) is 15.1. The lowest BCUT2D eigenvalue weighted by atomic mass is 9.97. The topological polar surface area (TPSA) is 88.5 Å². The minimum atomic E-state index is -0.620. The van der Waals surface area contributed by atoms with Crippen molar-refractivity contribution in [3.05, 3.63) is 34.9 Å². The molecule has 0 saturated carbocycles. The molecule has 0 atom stereocenters. The van der Waals surface area contributed by atoms with Crippen LogP contribution in [0.15, 0.2) is 23.3 Å². The van der Waals surface area contributed by atoms with Crippen molar-refractivity contribution in [1.82, 2.24) is 9.91 Å². The lowest BCUT2D eigenvalue weighted by Gasteiger charge is -2.26. The van der Waals surface area contributed by atoms with Crippen LogP contribution in [0.5, 0.6) is 0 Å². The number of hydrazone groups is 1. The van der Waals surface area contributed by atoms with Gasteiger partial charge in [0.2, 0.25) is 0 Å². The normalized spacial score (nSPS) is 14.8. The lowest BCUT2D eigenvalue weighted by molar-refractivity contribution is 0.0256. The van der Waals surface area contributed by atoms with Gasteiger partial charge in [0.05, 0.1) is 6.42 Å². The molecule has 0 saturated heterocycles. The summed E-state index contributed by atoms with van der Waals surface area (Å²) in [5.74, 6) is -0.0788. The molecule has 8 heteroatoms. The molecule has 0 unspecified atom stereocenters. The first kappa shape index (κ1) is 26.4. The molecule has 1 heterocycles. The third-order valence-electron chi connectivity index (χ3n) is 4.88. The van der Waals surface area contributed by atoms with Gasteiger partial charge < -0.3 is 14.4 Å². The SMILES string of the molecule is CC(CC(=O)c1ccc2c(c1)CCN(C(=O)OC(C)(C)C)CC2)=NN(C)C(=O)OC(C)(C)C. The van der Waals surface area contributed by atoms with E-state index < -0.39 is 17.3 Å². The molecule has 1 aliphatic heterocycles. The van der Waals surface area contributed by atoms with Crippen LogP contribution in [0.2, 0.25) is 0 Å². The number of fused-ring (bicyclic) bond motifs is 1. The number of hydrogen-bond acceptors (Lipinski definition) is 6. The maximum absolute atomic E-state index is 12.8. The number of nitrogens with zero attached hydrogens (tertiary/aromatic N) is 3. The predicted octanol–water partition coefficient (Wildman–Crippen LogP) is 4.84. The first-order valence-corrected chi connectivity index (χ1v) is 11.3. The number of Topliss-reactive ketones (excluding diaryl/α,β-unsaturated/α-hetero) is 1. The smallest absolute Gasteiger partial charge is 0.430 e. The van der Waals surface area contributed by atoms with Gasteiger partial charge in [-0.05, 0) is 78.5 Å². The van der Waals surface area contributed by atoms with E-state index >= 15 is 0 Å². The zero-order valence-electron chi connectivity index (χ0n) is 21.2. The zero-order chi connectivity index (χ0) is 25.0. The average Bonchev–Trinajstić information content (AvgIpc) is 2.87. The van der Waals surface area contributed by atoms with E-state index in [1.54, 1.807) is 32.6 Å². The van der Waals surface area contributed by atoms with Gasteiger partial charge in [0.15, 0.2) is 5.78 Å². The molecule has 0 aliphatic carbocycles. The van der Waals surface area contributed by atoms with Crippen LogP contribution in [0, 0.1) is 0 Å². The van der Waals surface area contributed by atoms with E-state index in [0.717, 1.165) is 16.1 Å². The Labute approximate surface area is 196 Å². The molecule has 0 N–H and O–H groups in total. The van der Waals surface area contributed by atoms with Gasteiger partial charge in [0.1, 0.15) is 11.2 Å². The molecule has 0 fully saturated rings. The highest BCUT2D eigenvalue weighted by atomic mass is 16.6. The standard InChI is InChI=1S/C25H37N3O5/c1-17(26-27(8)22(30)32-24(2,3)4)15-21(29)20-10-9-18-11-13-28(14-12-19(18)16-20)23(31)33-25(5,6)7/h9-10,16H,11-15H2,1-8H3. The Bertz CT molecular complexity index is 925. The van der Waals surface area contributed by atoms with Gasteiger partial charge in [-0.2, -0.15) is 5.10 Å². The van der Waals surface area contributed by atoms with Crippen molar-refractivity contribution in [2.75, 3.05) is 20.1 Å². The molecular formula is C25H37N3O5. The van der Waals surface area contributed by atoms with Gasteiger partial charge >= 0.3 is 12.2 Å². The summed E-state index contributed by atoms with van der Waals surface area (Å²) in [6, 6.07) is 5.68. The van der Waals surface area contributed by atoms with Crippen molar-refractivity contribution in [2.45, 2.75) is 78.9 Å². The van der Waals surface area contributed by atoms with Gasteiger partial charge in [-0.3, -0.25) is 4.79 Å². The van der Waals surface area contributed by atoms with Crippen LogP contribution in [0.1, 0.15) is 76.4 Å². The molecule has 0 bridgehead atoms. The fraction of sp³-hybridized carbons (Fsp3) is 0.600. The van der Waals surface area contributed by atoms with E-state index in [1.165, 1.54) is 7.05 Å². The second-order valence-corrected chi connectivity index (χ2v) is 10.4. The number of rotatable bonds is 4. The molecule has 0 radical (unpaired) electrons. The molecular weight excluding hydrogens is 422 g/mol. The number of benzene rings is 1. The van der Waals surface area contributed by atoms with Crippen LogP contribution in [-0.4, -0.2) is 64.9 Å². The summed E-state index contributed by atoms with van der Waals surface area (Å²) in [6.07, 6.45) is 0.575. The van der Waals surface area contributed by atoms with Crippen LogP contribution in [0.3, 0.4) is 0 Å². The summed E-state index contributed by atoms with van der Waals surface area (Å²) in [7, 11) is 1.50. The van der Waals surface area contributed by atoms with E-state index in [2.05, 4.69) is 5.10 Å². The molecule has 1 aliphatic rings. The van der Waals surface area contributed by atoms with E-state index in [9.17, 15) is 14.4 Å². The third kappa shape index (κ3) is 8.51. The molecule has 2 rings (SSSR count). The molecule has 8 nitrogen and oxygen atoms in total. The van der Waals surface area contributed by atoms with Crippen LogP contribution >= 0.6 is 0 Å². The number of amides is 2. The van der Waals surface area contributed by atoms with Gasteiger partial charge in [0.25, 0.3) is 0 Å². The minimum absolute atomic E-state index is 0.0788. The Morgan fingerprint density at radius 1 is 0.970 bits per heavy atom. The van der Waals surface area contributed by atoms with Crippen molar-refractivity contribution in [1.29, 1.82) is 0 Å². The van der Waals surface area contributed by atoms with E-state index in [-0.39, 0.29) is 18.3 Å². The number of carbonyl (C=O) groups is 3. The first-order valence-electron chi connectivity index (χ1n) is 11.3. The summed E-state index contributed by atoms with van der Waals surface area (Å²) in [5.41, 5.74) is 2.14. The average molecular weight is 460 g/mol. The molecule has 0 aromatic heterocycles. The second kappa shape index (κ2) is 10.4. The monoisotopic (exact) mass is 459 g/mol. The van der Waals surface area contributed by atoms with Gasteiger partial charge in [0, 0.05) is 31.4 Å². The van der Waals surface area contributed by atoms with Crippen LogP contribution < -0.4 is 0 Å². The summed E-state index contributed by atoms with van der Waals surface area (Å²) in [6.45, 7) is 13.7. The quantitative estimate of drug-likeness (QED) is 0.365. The molecule has 182 valence electrons. The Balaban J connectivity index is 2.03. The van der Waals surface area contributed by atoms with E-state index in [1.807, 2.05) is 39.0 Å². The predicted molar refractivity (Wildman–Crippen MR) is 128 cm³/mol. The zero-order valence-corrected chi connectivity index (χ0v) is 21.2. The Morgan fingerprint density at radius 3 is 2.12 bits per heavy atom. The number of hydrogen-bond donors (Lipinski definition) is 0. The van der Waals surface area contributed by atoms with Crippen molar-refractivity contribution >= 4 is 23.7 Å². The van der Waals surface area contributed by atoms with Crippen molar-refractivity contribution in [3.63, 3.8) is 0 Å². The Kier molecular flexibility index (Phi) is 8.27. The highest BCUT2D eigenvalue weighted by Gasteiger charge is 2.25. The summed E-state index contributed by atoms with van der Waals surface area (Å²) in [5, 5.41) is 5.29. The summed E-state index contributed by atoms with van der Waals surface area (Å²) >= 11 is 0. The van der Waals surface area contributed by atoms with Crippen molar-refractivity contribution in [2.24, 2.45) is 5.10 Å². The molecule has 1 aromatic carbocycles. The maximum atomic E-state index is 12.8. The van der Waals surface area contributed by atoms with Gasteiger partial charge in [-0.1, -0.05) is 12.1 Å². The van der Waals surface area contributed by atoms with Crippen LogP contribution in [-0.2, 0) is 22.3 Å². The summed E-state index contributed by atoms with van der Waals surface area (Å²) in [4.78, 5) is 39.0. The van der Waals surface area contributed by atoms with Crippen molar-refractivity contribution < 1.29 is 23.9 Å². The highest BCUT2D eigenvalue weighted by molar-refractivity contribution is 6.09. The molecule has 2 amide bonds. The third-order valence-corrected chi connectivity index (χ3v) is 4.88. The summed E-state index contributed by atoms with van der Waals surface area (Å²) < 4.78 is 10.8. The number of carbonyl (C=O) groups excluding carboxylic acids is 3. The van der Waals surface area contributed by atoms with E-state index in [4.69, 9.17) is 9.47 Å². The Hall–Kier alpha value is -2.90. The Morgan fingerprint density at radius 2 is 1.55 bits per heavy atom. The number of ether oxygens (including phenoxy) is 2. The number of ketones is 1. The minimum Gasteiger partial charge on any atom is -0.444 e. The van der Waals surface area contributed by atoms with Crippen LogP contribution in [0.4, 0.5) is 9.59 Å². The second-order valence-electron chi connectivity index (χ2n) is 10.4. The fourth-order valence-electron chi connectivity index (χ4n) is 3.40. The molecule has 33 heavy (non-hydrogen) atoms. The van der Waals surface area contributed by atoms with Gasteiger partial charge in [-0.25, -0.2) is 14.6 Å². The lowest BCUT2D eigenvalue weighted by Crippen LogP contribution is -2.38.